The fourth-order valence-corrected chi connectivity index (χ4v) is 6.03. The number of benzene rings is 7. The molecule has 0 saturated heterocycles. The highest BCUT2D eigenvalue weighted by Gasteiger charge is 2.15. The van der Waals surface area contributed by atoms with Crippen LogP contribution in [0.1, 0.15) is 0 Å². The molecule has 0 N–H and O–H groups in total. The van der Waals surface area contributed by atoms with Gasteiger partial charge < -0.3 is 0 Å². The van der Waals surface area contributed by atoms with Crippen molar-refractivity contribution in [3.8, 4) is 78.7 Å². The van der Waals surface area contributed by atoms with Gasteiger partial charge in [-0.25, -0.2) is 15.0 Å². The van der Waals surface area contributed by atoms with Gasteiger partial charge >= 0.3 is 0 Å². The first kappa shape index (κ1) is 29.0. The number of rotatable bonds is 7. The molecule has 226 valence electrons. The van der Waals surface area contributed by atoms with Gasteiger partial charge in [-0.1, -0.05) is 164 Å². The normalized spacial score (nSPS) is 10.9. The maximum atomic E-state index is 5.15. The molecular formula is C45H31N3. The average molecular weight is 614 g/mol. The van der Waals surface area contributed by atoms with E-state index < -0.39 is 0 Å². The molecule has 48 heavy (non-hydrogen) atoms. The lowest BCUT2D eigenvalue weighted by Crippen LogP contribution is -2.01. The zero-order valence-electron chi connectivity index (χ0n) is 26.2. The zero-order chi connectivity index (χ0) is 32.1. The summed E-state index contributed by atoms with van der Waals surface area (Å²) in [5.74, 6) is 1.89. The molecule has 0 amide bonds. The maximum Gasteiger partial charge on any atom is 0.164 e. The fraction of sp³-hybridized carbons (Fsp3) is 0. The highest BCUT2D eigenvalue weighted by molar-refractivity contribution is 5.81. The molecule has 0 aliphatic heterocycles. The minimum atomic E-state index is 0.627. The molecule has 0 aliphatic carbocycles. The predicted molar refractivity (Wildman–Crippen MR) is 198 cm³/mol. The van der Waals surface area contributed by atoms with Gasteiger partial charge in [-0.15, -0.1) is 0 Å². The second kappa shape index (κ2) is 13.1. The Morgan fingerprint density at radius 3 is 0.979 bits per heavy atom. The van der Waals surface area contributed by atoms with E-state index in [4.69, 9.17) is 15.0 Å². The quantitative estimate of drug-likeness (QED) is 0.179. The first-order valence-corrected chi connectivity index (χ1v) is 16.1. The lowest BCUT2D eigenvalue weighted by atomic mass is 9.96. The van der Waals surface area contributed by atoms with E-state index in [9.17, 15) is 0 Å². The van der Waals surface area contributed by atoms with Gasteiger partial charge in [0, 0.05) is 16.7 Å². The number of nitrogens with zero attached hydrogens (tertiary/aromatic N) is 3. The van der Waals surface area contributed by atoms with E-state index in [-0.39, 0.29) is 0 Å². The van der Waals surface area contributed by atoms with Crippen LogP contribution in [0.25, 0.3) is 78.7 Å². The molecule has 0 bridgehead atoms. The molecule has 8 rings (SSSR count). The molecular weight excluding hydrogens is 583 g/mol. The third kappa shape index (κ3) is 6.18. The Morgan fingerprint density at radius 1 is 0.188 bits per heavy atom. The van der Waals surface area contributed by atoms with Crippen molar-refractivity contribution >= 4 is 0 Å². The van der Waals surface area contributed by atoms with Crippen LogP contribution in [-0.2, 0) is 0 Å². The molecule has 0 radical (unpaired) electrons. The Kier molecular flexibility index (Phi) is 7.92. The molecule has 3 nitrogen and oxygen atoms in total. The van der Waals surface area contributed by atoms with Crippen molar-refractivity contribution in [3.63, 3.8) is 0 Å². The lowest BCUT2D eigenvalue weighted by Gasteiger charge is -2.13. The van der Waals surface area contributed by atoms with E-state index in [2.05, 4.69) is 164 Å². The van der Waals surface area contributed by atoms with Gasteiger partial charge in [-0.05, 0) is 68.8 Å². The molecule has 0 unspecified atom stereocenters. The van der Waals surface area contributed by atoms with Crippen molar-refractivity contribution in [2.75, 3.05) is 0 Å². The molecule has 7 aromatic carbocycles. The Bertz CT molecular complexity index is 2240. The van der Waals surface area contributed by atoms with Crippen LogP contribution in [0.15, 0.2) is 188 Å². The molecule has 0 atom stereocenters. The topological polar surface area (TPSA) is 38.7 Å². The van der Waals surface area contributed by atoms with Gasteiger partial charge in [0.2, 0.25) is 0 Å². The summed E-state index contributed by atoms with van der Waals surface area (Å²) in [5, 5.41) is 0. The summed E-state index contributed by atoms with van der Waals surface area (Å²) in [5.41, 5.74) is 11.9. The van der Waals surface area contributed by atoms with Crippen LogP contribution in [0.3, 0.4) is 0 Å². The monoisotopic (exact) mass is 613 g/mol. The van der Waals surface area contributed by atoms with Crippen molar-refractivity contribution in [2.24, 2.45) is 0 Å². The molecule has 3 heteroatoms. The van der Waals surface area contributed by atoms with Crippen LogP contribution in [0, 0.1) is 0 Å². The highest BCUT2D eigenvalue weighted by atomic mass is 15.0. The van der Waals surface area contributed by atoms with Crippen LogP contribution in [0.2, 0.25) is 0 Å². The highest BCUT2D eigenvalue weighted by Crippen LogP contribution is 2.34. The van der Waals surface area contributed by atoms with Crippen LogP contribution in [0.5, 0.6) is 0 Å². The van der Waals surface area contributed by atoms with Crippen molar-refractivity contribution in [3.05, 3.63) is 188 Å². The smallest absolute Gasteiger partial charge is 0.164 e. The Hall–Kier alpha value is -6.45. The Labute approximate surface area is 280 Å². The van der Waals surface area contributed by atoms with E-state index >= 15 is 0 Å². The van der Waals surface area contributed by atoms with E-state index in [1.807, 2.05) is 24.3 Å². The first-order chi connectivity index (χ1) is 23.8. The van der Waals surface area contributed by atoms with E-state index in [1.54, 1.807) is 0 Å². The summed E-state index contributed by atoms with van der Waals surface area (Å²) >= 11 is 0. The van der Waals surface area contributed by atoms with E-state index in [0.717, 1.165) is 55.6 Å². The molecule has 0 saturated carbocycles. The van der Waals surface area contributed by atoms with Gasteiger partial charge in [-0.3, -0.25) is 0 Å². The van der Waals surface area contributed by atoms with E-state index in [1.165, 1.54) is 5.56 Å². The summed E-state index contributed by atoms with van der Waals surface area (Å²) < 4.78 is 0. The second-order valence-corrected chi connectivity index (χ2v) is 11.7. The molecule has 8 aromatic rings. The Balaban J connectivity index is 1.30. The molecule has 0 spiro atoms. The summed E-state index contributed by atoms with van der Waals surface area (Å²) in [6.45, 7) is 0. The lowest BCUT2D eigenvalue weighted by molar-refractivity contribution is 1.07. The largest absolute Gasteiger partial charge is 0.208 e. The predicted octanol–water partition coefficient (Wildman–Crippen LogP) is 11.5. The molecule has 0 aliphatic rings. The van der Waals surface area contributed by atoms with Crippen molar-refractivity contribution in [1.82, 2.24) is 15.0 Å². The van der Waals surface area contributed by atoms with E-state index in [0.29, 0.717) is 17.5 Å². The van der Waals surface area contributed by atoms with Crippen LogP contribution in [0.4, 0.5) is 0 Å². The maximum absolute atomic E-state index is 5.15. The van der Waals surface area contributed by atoms with Gasteiger partial charge in [0.05, 0.1) is 0 Å². The molecule has 1 aromatic heterocycles. The van der Waals surface area contributed by atoms with Crippen LogP contribution >= 0.6 is 0 Å². The van der Waals surface area contributed by atoms with Gasteiger partial charge in [0.1, 0.15) is 0 Å². The minimum absolute atomic E-state index is 0.627. The van der Waals surface area contributed by atoms with Crippen LogP contribution < -0.4 is 0 Å². The number of hydrogen-bond acceptors (Lipinski definition) is 3. The number of hydrogen-bond donors (Lipinski definition) is 0. The zero-order valence-corrected chi connectivity index (χ0v) is 26.2. The molecule has 0 fully saturated rings. The minimum Gasteiger partial charge on any atom is -0.208 e. The SMILES string of the molecule is c1ccc(-c2ccc(-c3nc(-c4cccc(-c5ccccc5)c4)nc(-c4cc(-c5ccccc5)cc(-c5ccccc5)c4)n3)cc2)cc1. The Morgan fingerprint density at radius 2 is 0.479 bits per heavy atom. The fourth-order valence-electron chi connectivity index (χ4n) is 6.03. The third-order valence-corrected chi connectivity index (χ3v) is 8.52. The van der Waals surface area contributed by atoms with Gasteiger partial charge in [0.25, 0.3) is 0 Å². The molecule has 1 heterocycles. The van der Waals surface area contributed by atoms with Gasteiger partial charge in [-0.2, -0.15) is 0 Å². The third-order valence-electron chi connectivity index (χ3n) is 8.52. The summed E-state index contributed by atoms with van der Waals surface area (Å²) in [6, 6.07) is 65.2. The van der Waals surface area contributed by atoms with Gasteiger partial charge in [0.15, 0.2) is 17.5 Å². The summed E-state index contributed by atoms with van der Waals surface area (Å²) in [7, 11) is 0. The van der Waals surface area contributed by atoms with Crippen molar-refractivity contribution in [1.29, 1.82) is 0 Å². The second-order valence-electron chi connectivity index (χ2n) is 11.7. The van der Waals surface area contributed by atoms with Crippen LogP contribution in [-0.4, -0.2) is 15.0 Å². The summed E-state index contributed by atoms with van der Waals surface area (Å²) in [4.78, 5) is 15.4. The first-order valence-electron chi connectivity index (χ1n) is 16.1. The number of aromatic nitrogens is 3. The average Bonchev–Trinajstić information content (AvgIpc) is 3.19. The standard InChI is InChI=1S/C45H31N3/c1-5-14-32(15-6-1)36-24-26-37(27-25-36)43-46-44(39-23-13-22-38(28-39)33-16-7-2-8-17-33)48-45(47-43)42-30-40(34-18-9-3-10-19-34)29-41(31-42)35-20-11-4-12-21-35/h1-31H. The summed E-state index contributed by atoms with van der Waals surface area (Å²) in [6.07, 6.45) is 0. The van der Waals surface area contributed by atoms with Crippen molar-refractivity contribution in [2.45, 2.75) is 0 Å². The van der Waals surface area contributed by atoms with Crippen molar-refractivity contribution < 1.29 is 0 Å².